The Morgan fingerprint density at radius 2 is 1.58 bits per heavy atom. The fourth-order valence-corrected chi connectivity index (χ4v) is 5.88. The Labute approximate surface area is 213 Å². The van der Waals surface area contributed by atoms with Gasteiger partial charge in [-0.25, -0.2) is 13.4 Å². The van der Waals surface area contributed by atoms with Crippen molar-refractivity contribution in [3.05, 3.63) is 59.3 Å². The number of hydrogen-bond donors (Lipinski definition) is 1. The zero-order valence-corrected chi connectivity index (χ0v) is 22.2. The third-order valence-corrected chi connectivity index (χ3v) is 7.96. The van der Waals surface area contributed by atoms with Crippen molar-refractivity contribution in [1.82, 2.24) is 14.3 Å². The number of piperazine rings is 1. The molecule has 1 aromatic heterocycles. The minimum Gasteiger partial charge on any atom is -0.497 e. The predicted octanol–water partition coefficient (Wildman–Crippen LogP) is 4.06. The van der Waals surface area contributed by atoms with Crippen LogP contribution in [0, 0.1) is 20.8 Å². The lowest BCUT2D eigenvalue weighted by Gasteiger charge is -2.34. The lowest BCUT2D eigenvalue weighted by Crippen LogP contribution is -2.49. The normalized spacial score (nSPS) is 14.5. The highest BCUT2D eigenvalue weighted by atomic mass is 32.2. The number of nitrogens with zero attached hydrogens (tertiary/aromatic N) is 4. The molecular formula is C26H33N5O4S. The molecule has 0 bridgehead atoms. The monoisotopic (exact) mass is 511 g/mol. The van der Waals surface area contributed by atoms with E-state index in [0.717, 1.165) is 34.0 Å². The Kier molecular flexibility index (Phi) is 7.65. The molecule has 0 spiro atoms. The Bertz CT molecular complexity index is 1300. The first-order chi connectivity index (χ1) is 17.2. The molecule has 10 heteroatoms. The van der Waals surface area contributed by atoms with Crippen LogP contribution in [0.2, 0.25) is 0 Å². The van der Waals surface area contributed by atoms with Crippen LogP contribution in [0.1, 0.15) is 23.7 Å². The largest absolute Gasteiger partial charge is 0.497 e. The summed E-state index contributed by atoms with van der Waals surface area (Å²) in [5.41, 5.74) is 3.35. The van der Waals surface area contributed by atoms with Crippen molar-refractivity contribution in [2.24, 2.45) is 0 Å². The second-order valence-corrected chi connectivity index (χ2v) is 10.7. The van der Waals surface area contributed by atoms with Gasteiger partial charge in [0.1, 0.15) is 17.3 Å². The van der Waals surface area contributed by atoms with Gasteiger partial charge in [-0.15, -0.1) is 0 Å². The van der Waals surface area contributed by atoms with Gasteiger partial charge in [0.05, 0.1) is 18.6 Å². The summed E-state index contributed by atoms with van der Waals surface area (Å²) in [7, 11) is -1.99. The van der Waals surface area contributed by atoms with Gasteiger partial charge in [-0.2, -0.15) is 9.29 Å². The number of ether oxygens (including phenoxy) is 2. The van der Waals surface area contributed by atoms with Crippen molar-refractivity contribution in [2.75, 3.05) is 50.1 Å². The van der Waals surface area contributed by atoms with Gasteiger partial charge in [0.25, 0.3) is 0 Å². The topological polar surface area (TPSA) is 96.9 Å². The maximum absolute atomic E-state index is 13.4. The average molecular weight is 512 g/mol. The Balaban J connectivity index is 1.46. The second-order valence-electron chi connectivity index (χ2n) is 8.76. The SMILES string of the molecule is CCOc1c(C)cc(S(=O)(=O)N2CCN(c3nc(C)cc(Nc4ccc(OC)cc4)n3)CC2)cc1C. The number of anilines is 3. The Morgan fingerprint density at radius 1 is 0.944 bits per heavy atom. The van der Waals surface area contributed by atoms with Gasteiger partial charge in [-0.1, -0.05) is 0 Å². The van der Waals surface area contributed by atoms with Crippen LogP contribution < -0.4 is 19.7 Å². The van der Waals surface area contributed by atoms with E-state index in [2.05, 4.69) is 15.3 Å². The van der Waals surface area contributed by atoms with Gasteiger partial charge in [0.15, 0.2) is 0 Å². The molecule has 0 aliphatic carbocycles. The van der Waals surface area contributed by atoms with E-state index in [-0.39, 0.29) is 0 Å². The fraction of sp³-hybridized carbons (Fsp3) is 0.385. The highest BCUT2D eigenvalue weighted by Crippen LogP contribution is 2.29. The van der Waals surface area contributed by atoms with E-state index in [4.69, 9.17) is 9.47 Å². The number of benzene rings is 2. The van der Waals surface area contributed by atoms with Crippen LogP contribution in [0.4, 0.5) is 17.5 Å². The van der Waals surface area contributed by atoms with E-state index in [1.54, 1.807) is 19.2 Å². The van der Waals surface area contributed by atoms with Crippen molar-refractivity contribution in [3.8, 4) is 11.5 Å². The zero-order chi connectivity index (χ0) is 25.9. The molecule has 1 aliphatic heterocycles. The number of sulfonamides is 1. The summed E-state index contributed by atoms with van der Waals surface area (Å²) in [5, 5.41) is 3.30. The summed E-state index contributed by atoms with van der Waals surface area (Å²) in [6.07, 6.45) is 0. The first-order valence-electron chi connectivity index (χ1n) is 12.0. The highest BCUT2D eigenvalue weighted by molar-refractivity contribution is 7.89. The minimum atomic E-state index is -3.62. The summed E-state index contributed by atoms with van der Waals surface area (Å²) in [5.74, 6) is 2.79. The van der Waals surface area contributed by atoms with E-state index in [0.29, 0.717) is 49.4 Å². The standard InChI is InChI=1S/C26H33N5O4S/c1-6-35-25-18(2)15-23(16-19(25)3)36(32,33)31-13-11-30(12-14-31)26-27-20(4)17-24(29-26)28-21-7-9-22(34-5)10-8-21/h7-10,15-17H,6,11-14H2,1-5H3,(H,27,28,29). The van der Waals surface area contributed by atoms with E-state index < -0.39 is 10.0 Å². The van der Waals surface area contributed by atoms with Gasteiger partial charge < -0.3 is 19.7 Å². The van der Waals surface area contributed by atoms with E-state index in [1.165, 1.54) is 4.31 Å². The second kappa shape index (κ2) is 10.7. The van der Waals surface area contributed by atoms with Crippen molar-refractivity contribution < 1.29 is 17.9 Å². The third-order valence-electron chi connectivity index (χ3n) is 6.09. The molecule has 0 unspecified atom stereocenters. The van der Waals surface area contributed by atoms with E-state index >= 15 is 0 Å². The summed E-state index contributed by atoms with van der Waals surface area (Å²) < 4.78 is 39.2. The number of nitrogens with one attached hydrogen (secondary N) is 1. The van der Waals surface area contributed by atoms with Gasteiger partial charge >= 0.3 is 0 Å². The molecule has 1 fully saturated rings. The van der Waals surface area contributed by atoms with Crippen LogP contribution in [0.5, 0.6) is 11.5 Å². The van der Waals surface area contributed by atoms with Crippen molar-refractivity contribution >= 4 is 27.5 Å². The minimum absolute atomic E-state index is 0.298. The van der Waals surface area contributed by atoms with Crippen LogP contribution in [-0.4, -0.2) is 62.6 Å². The first kappa shape index (κ1) is 25.7. The lowest BCUT2D eigenvalue weighted by molar-refractivity contribution is 0.335. The molecule has 1 N–H and O–H groups in total. The van der Waals surface area contributed by atoms with Crippen molar-refractivity contribution in [3.63, 3.8) is 0 Å². The predicted molar refractivity (Wildman–Crippen MR) is 141 cm³/mol. The fourth-order valence-electron chi connectivity index (χ4n) is 4.29. The van der Waals surface area contributed by atoms with Crippen LogP contribution in [0.15, 0.2) is 47.4 Å². The summed E-state index contributed by atoms with van der Waals surface area (Å²) >= 11 is 0. The number of hydrogen-bond acceptors (Lipinski definition) is 8. The molecular weight excluding hydrogens is 478 g/mol. The molecule has 2 aromatic carbocycles. The Hall–Kier alpha value is -3.37. The third kappa shape index (κ3) is 5.55. The van der Waals surface area contributed by atoms with Crippen molar-refractivity contribution in [2.45, 2.75) is 32.6 Å². The first-order valence-corrected chi connectivity index (χ1v) is 13.4. The number of methoxy groups -OCH3 is 1. The van der Waals surface area contributed by atoms with Crippen molar-refractivity contribution in [1.29, 1.82) is 0 Å². The summed E-state index contributed by atoms with van der Waals surface area (Å²) in [6.45, 7) is 9.83. The van der Waals surface area contributed by atoms with Crippen LogP contribution in [-0.2, 0) is 10.0 Å². The molecule has 1 aliphatic rings. The summed E-state index contributed by atoms with van der Waals surface area (Å²) in [4.78, 5) is 11.6. The highest BCUT2D eigenvalue weighted by Gasteiger charge is 2.30. The van der Waals surface area contributed by atoms with Gasteiger partial charge in [0.2, 0.25) is 16.0 Å². The number of aromatic nitrogens is 2. The maximum atomic E-state index is 13.4. The van der Waals surface area contributed by atoms with Crippen LogP contribution in [0.3, 0.4) is 0 Å². The molecule has 3 aromatic rings. The van der Waals surface area contributed by atoms with E-state index in [1.807, 2.05) is 62.9 Å². The average Bonchev–Trinajstić information content (AvgIpc) is 2.86. The smallest absolute Gasteiger partial charge is 0.243 e. The van der Waals surface area contributed by atoms with Gasteiger partial charge in [0, 0.05) is 43.6 Å². The molecule has 0 atom stereocenters. The van der Waals surface area contributed by atoms with Gasteiger partial charge in [-0.3, -0.25) is 0 Å². The zero-order valence-electron chi connectivity index (χ0n) is 21.4. The maximum Gasteiger partial charge on any atom is 0.243 e. The number of aryl methyl sites for hydroxylation is 3. The molecule has 192 valence electrons. The molecule has 36 heavy (non-hydrogen) atoms. The van der Waals surface area contributed by atoms with Crippen LogP contribution in [0.25, 0.3) is 0 Å². The van der Waals surface area contributed by atoms with E-state index in [9.17, 15) is 8.42 Å². The van der Waals surface area contributed by atoms with Gasteiger partial charge in [-0.05, 0) is 75.2 Å². The molecule has 9 nitrogen and oxygen atoms in total. The lowest BCUT2D eigenvalue weighted by atomic mass is 10.1. The molecule has 0 amide bonds. The molecule has 0 saturated carbocycles. The summed E-state index contributed by atoms with van der Waals surface area (Å²) in [6, 6.07) is 12.9. The quantitative estimate of drug-likeness (QED) is 0.484. The Morgan fingerprint density at radius 3 is 2.17 bits per heavy atom. The molecule has 0 radical (unpaired) electrons. The molecule has 4 rings (SSSR count). The molecule has 2 heterocycles. The van der Waals surface area contributed by atoms with Crippen LogP contribution >= 0.6 is 0 Å². The molecule has 1 saturated heterocycles. The number of rotatable bonds is 8.